The number of nitro groups is 1. The van der Waals surface area contributed by atoms with Crippen LogP contribution in [-0.4, -0.2) is 21.4 Å². The number of nitro benzene ring substituents is 1. The molecule has 0 bridgehead atoms. The number of para-hydroxylation sites is 1. The lowest BCUT2D eigenvalue weighted by Gasteiger charge is -2.07. The summed E-state index contributed by atoms with van der Waals surface area (Å²) < 4.78 is 0. The minimum absolute atomic E-state index is 0.00977. The molecule has 1 aromatic carbocycles. The summed E-state index contributed by atoms with van der Waals surface area (Å²) in [6, 6.07) is 8.28. The van der Waals surface area contributed by atoms with E-state index in [4.69, 9.17) is 0 Å². The Balaban J connectivity index is 2.55. The van der Waals surface area contributed by atoms with Crippen molar-refractivity contribution in [2.75, 3.05) is 11.9 Å². The Morgan fingerprint density at radius 3 is 2.74 bits per heavy atom. The number of hydrogen-bond donors (Lipinski definition) is 1. The average molecular weight is 258 g/mol. The van der Waals surface area contributed by atoms with Crippen LogP contribution in [0.25, 0.3) is 11.4 Å². The molecule has 0 unspecified atom stereocenters. The molecule has 0 fully saturated rings. The molecule has 0 atom stereocenters. The van der Waals surface area contributed by atoms with Crippen molar-refractivity contribution in [2.45, 2.75) is 13.8 Å². The minimum Gasteiger partial charge on any atom is -0.370 e. The first-order valence-corrected chi connectivity index (χ1v) is 5.95. The van der Waals surface area contributed by atoms with Gasteiger partial charge in [0.15, 0.2) is 5.82 Å². The van der Waals surface area contributed by atoms with E-state index in [2.05, 4.69) is 15.3 Å². The summed E-state index contributed by atoms with van der Waals surface area (Å²) in [5.74, 6) is 1.03. The molecule has 6 nitrogen and oxygen atoms in total. The first-order valence-electron chi connectivity index (χ1n) is 5.95. The van der Waals surface area contributed by atoms with Crippen molar-refractivity contribution in [3.8, 4) is 11.4 Å². The fraction of sp³-hybridized carbons (Fsp3) is 0.231. The summed E-state index contributed by atoms with van der Waals surface area (Å²) in [6.45, 7) is 4.52. The molecule has 2 aromatic rings. The van der Waals surface area contributed by atoms with Gasteiger partial charge >= 0.3 is 0 Å². The number of nitrogens with zero attached hydrogens (tertiary/aromatic N) is 3. The molecule has 0 radical (unpaired) electrons. The lowest BCUT2D eigenvalue weighted by Crippen LogP contribution is -2.03. The quantitative estimate of drug-likeness (QED) is 0.673. The van der Waals surface area contributed by atoms with Crippen molar-refractivity contribution in [3.05, 3.63) is 46.1 Å². The third-order valence-corrected chi connectivity index (χ3v) is 2.55. The van der Waals surface area contributed by atoms with Crippen molar-refractivity contribution in [1.29, 1.82) is 0 Å². The summed E-state index contributed by atoms with van der Waals surface area (Å²) in [6.07, 6.45) is 0. The number of hydrogen-bond acceptors (Lipinski definition) is 5. The lowest BCUT2D eigenvalue weighted by atomic mass is 10.1. The molecule has 6 heteroatoms. The van der Waals surface area contributed by atoms with Crippen molar-refractivity contribution in [2.24, 2.45) is 0 Å². The number of rotatable bonds is 4. The molecule has 19 heavy (non-hydrogen) atoms. The number of anilines is 1. The Labute approximate surface area is 110 Å². The highest BCUT2D eigenvalue weighted by Gasteiger charge is 2.17. The van der Waals surface area contributed by atoms with Gasteiger partial charge in [0.2, 0.25) is 0 Å². The van der Waals surface area contributed by atoms with Crippen LogP contribution in [0.1, 0.15) is 12.6 Å². The second kappa shape index (κ2) is 5.43. The second-order valence-electron chi connectivity index (χ2n) is 4.02. The van der Waals surface area contributed by atoms with Crippen LogP contribution in [-0.2, 0) is 0 Å². The number of benzene rings is 1. The Bertz CT molecular complexity index is 613. The molecule has 0 saturated heterocycles. The Hall–Kier alpha value is -2.50. The molecule has 0 spiro atoms. The zero-order valence-corrected chi connectivity index (χ0v) is 10.8. The van der Waals surface area contributed by atoms with Crippen molar-refractivity contribution >= 4 is 11.5 Å². The minimum atomic E-state index is -0.423. The van der Waals surface area contributed by atoms with Crippen LogP contribution >= 0.6 is 0 Å². The third-order valence-electron chi connectivity index (χ3n) is 2.55. The Kier molecular flexibility index (Phi) is 3.70. The molecule has 98 valence electrons. The summed E-state index contributed by atoms with van der Waals surface area (Å²) in [5, 5.41) is 14.1. The van der Waals surface area contributed by atoms with Crippen LogP contribution < -0.4 is 5.32 Å². The standard InChI is InChI=1S/C13H14N4O2/c1-3-14-12-8-9(2)15-13(16-12)10-6-4-5-7-11(10)17(18)19/h4-8H,3H2,1-2H3,(H,14,15,16). The number of aryl methyl sites for hydroxylation is 1. The smallest absolute Gasteiger partial charge is 0.280 e. The lowest BCUT2D eigenvalue weighted by molar-refractivity contribution is -0.384. The van der Waals surface area contributed by atoms with Crippen molar-refractivity contribution in [3.63, 3.8) is 0 Å². The Morgan fingerprint density at radius 1 is 1.32 bits per heavy atom. The summed E-state index contributed by atoms with van der Waals surface area (Å²) in [4.78, 5) is 19.2. The largest absolute Gasteiger partial charge is 0.370 e. The zero-order valence-electron chi connectivity index (χ0n) is 10.8. The van der Waals surface area contributed by atoms with Gasteiger partial charge in [0, 0.05) is 24.4 Å². The van der Waals surface area contributed by atoms with Gasteiger partial charge in [0.1, 0.15) is 5.82 Å². The highest BCUT2D eigenvalue weighted by Crippen LogP contribution is 2.27. The van der Waals surface area contributed by atoms with E-state index in [1.807, 2.05) is 19.9 Å². The molecule has 0 aliphatic heterocycles. The Morgan fingerprint density at radius 2 is 2.05 bits per heavy atom. The molecule has 1 aromatic heterocycles. The van der Waals surface area contributed by atoms with Gasteiger partial charge in [-0.05, 0) is 19.9 Å². The second-order valence-corrected chi connectivity index (χ2v) is 4.02. The van der Waals surface area contributed by atoms with Gasteiger partial charge in [-0.15, -0.1) is 0 Å². The topological polar surface area (TPSA) is 81.0 Å². The van der Waals surface area contributed by atoms with E-state index in [1.165, 1.54) is 6.07 Å². The molecule has 2 rings (SSSR count). The van der Waals surface area contributed by atoms with E-state index in [9.17, 15) is 10.1 Å². The molecule has 0 saturated carbocycles. The van der Waals surface area contributed by atoms with Crippen molar-refractivity contribution in [1.82, 2.24) is 9.97 Å². The van der Waals surface area contributed by atoms with Crippen LogP contribution in [0.15, 0.2) is 30.3 Å². The van der Waals surface area contributed by atoms with Gasteiger partial charge in [-0.1, -0.05) is 12.1 Å². The van der Waals surface area contributed by atoms with E-state index in [-0.39, 0.29) is 5.69 Å². The van der Waals surface area contributed by atoms with E-state index in [1.54, 1.807) is 18.2 Å². The fourth-order valence-electron chi connectivity index (χ4n) is 1.78. The highest BCUT2D eigenvalue weighted by atomic mass is 16.6. The van der Waals surface area contributed by atoms with Gasteiger partial charge in [-0.25, -0.2) is 9.97 Å². The molecule has 1 N–H and O–H groups in total. The predicted molar refractivity (Wildman–Crippen MR) is 73.0 cm³/mol. The number of nitrogens with one attached hydrogen (secondary N) is 1. The van der Waals surface area contributed by atoms with E-state index < -0.39 is 4.92 Å². The zero-order chi connectivity index (χ0) is 13.8. The summed E-state index contributed by atoms with van der Waals surface area (Å²) in [7, 11) is 0. The fourth-order valence-corrected chi connectivity index (χ4v) is 1.78. The summed E-state index contributed by atoms with van der Waals surface area (Å²) >= 11 is 0. The van der Waals surface area contributed by atoms with Crippen LogP contribution in [0, 0.1) is 17.0 Å². The van der Waals surface area contributed by atoms with Crippen LogP contribution in [0.2, 0.25) is 0 Å². The van der Waals surface area contributed by atoms with Gasteiger partial charge in [0.05, 0.1) is 10.5 Å². The van der Waals surface area contributed by atoms with Gasteiger partial charge in [-0.2, -0.15) is 0 Å². The molecule has 0 amide bonds. The number of aromatic nitrogens is 2. The molecule has 0 aliphatic rings. The van der Waals surface area contributed by atoms with Crippen LogP contribution in [0.4, 0.5) is 11.5 Å². The SMILES string of the molecule is CCNc1cc(C)nc(-c2ccccc2[N+](=O)[O-])n1. The highest BCUT2D eigenvalue weighted by molar-refractivity contribution is 5.68. The van der Waals surface area contributed by atoms with E-state index in [0.29, 0.717) is 17.2 Å². The maximum Gasteiger partial charge on any atom is 0.280 e. The maximum atomic E-state index is 11.0. The van der Waals surface area contributed by atoms with Crippen molar-refractivity contribution < 1.29 is 4.92 Å². The van der Waals surface area contributed by atoms with E-state index >= 15 is 0 Å². The maximum absolute atomic E-state index is 11.0. The van der Waals surface area contributed by atoms with Crippen LogP contribution in [0.3, 0.4) is 0 Å². The molecular formula is C13H14N4O2. The van der Waals surface area contributed by atoms with Gasteiger partial charge in [0.25, 0.3) is 5.69 Å². The van der Waals surface area contributed by atoms with E-state index in [0.717, 1.165) is 12.2 Å². The predicted octanol–water partition coefficient (Wildman–Crippen LogP) is 2.79. The molecule has 1 heterocycles. The molecular weight excluding hydrogens is 244 g/mol. The average Bonchev–Trinajstić information content (AvgIpc) is 2.38. The third kappa shape index (κ3) is 2.85. The monoisotopic (exact) mass is 258 g/mol. The van der Waals surface area contributed by atoms with Gasteiger partial charge < -0.3 is 5.32 Å². The normalized spacial score (nSPS) is 10.2. The van der Waals surface area contributed by atoms with Crippen LogP contribution in [0.5, 0.6) is 0 Å². The first-order chi connectivity index (χ1) is 9.11. The molecule has 0 aliphatic carbocycles. The van der Waals surface area contributed by atoms with Gasteiger partial charge in [-0.3, -0.25) is 10.1 Å². The summed E-state index contributed by atoms with van der Waals surface area (Å²) in [5.41, 5.74) is 1.20. The first kappa shape index (κ1) is 12.9.